The summed E-state index contributed by atoms with van der Waals surface area (Å²) in [7, 11) is 0. The second-order valence-electron chi connectivity index (χ2n) is 3.42. The quantitative estimate of drug-likeness (QED) is 0.711. The molecule has 92 valence electrons. The van der Waals surface area contributed by atoms with Gasteiger partial charge in [0, 0.05) is 10.4 Å². The number of carbonyl (C=O) groups excluding carboxylic acids is 2. The van der Waals surface area contributed by atoms with Gasteiger partial charge in [0.05, 0.1) is 0 Å². The largest absolute Gasteiger partial charge is 0.465 e. The van der Waals surface area contributed by atoms with Gasteiger partial charge in [-0.15, -0.1) is 11.3 Å². The number of rotatable bonds is 4. The molecule has 1 atom stereocenters. The van der Waals surface area contributed by atoms with Crippen molar-refractivity contribution in [1.82, 2.24) is 5.32 Å². The molecule has 1 aromatic rings. The molecule has 1 heterocycles. The van der Waals surface area contributed by atoms with E-state index >= 15 is 0 Å². The van der Waals surface area contributed by atoms with Crippen molar-refractivity contribution in [2.75, 3.05) is 5.32 Å². The van der Waals surface area contributed by atoms with E-state index in [-0.39, 0.29) is 0 Å². The van der Waals surface area contributed by atoms with Crippen molar-refractivity contribution >= 4 is 34.6 Å². The van der Waals surface area contributed by atoms with Crippen LogP contribution in [0.2, 0.25) is 0 Å². The van der Waals surface area contributed by atoms with Gasteiger partial charge in [0.15, 0.2) is 6.29 Å². The maximum absolute atomic E-state index is 11.6. The maximum Gasteiger partial charge on any atom is 0.405 e. The third-order valence-electron chi connectivity index (χ3n) is 1.98. The number of nitrogens with one attached hydrogen (secondary N) is 2. The standard InChI is InChI=1S/C10H12N2O4S/c1-5-3-7(4-13)9(17-5)12-8(14)6(2)11-10(15)16/h3-4,6,11H,1-2H3,(H,12,14)(H,15,16)/t6-/m0/s1. The van der Waals surface area contributed by atoms with Gasteiger partial charge < -0.3 is 15.7 Å². The number of anilines is 1. The Labute approximate surface area is 102 Å². The van der Waals surface area contributed by atoms with Gasteiger partial charge in [-0.3, -0.25) is 9.59 Å². The van der Waals surface area contributed by atoms with Crippen LogP contribution in [0.3, 0.4) is 0 Å². The predicted molar refractivity (Wildman–Crippen MR) is 63.7 cm³/mol. The van der Waals surface area contributed by atoms with Gasteiger partial charge in [0.2, 0.25) is 5.91 Å². The van der Waals surface area contributed by atoms with E-state index in [1.54, 1.807) is 6.07 Å². The van der Waals surface area contributed by atoms with Crippen LogP contribution in [-0.4, -0.2) is 29.4 Å². The summed E-state index contributed by atoms with van der Waals surface area (Å²) in [6.07, 6.45) is -0.625. The Bertz CT molecular complexity index is 455. The molecular formula is C10H12N2O4S. The van der Waals surface area contributed by atoms with Gasteiger partial charge in [-0.1, -0.05) is 0 Å². The van der Waals surface area contributed by atoms with Crippen LogP contribution in [0.4, 0.5) is 9.80 Å². The van der Waals surface area contributed by atoms with Gasteiger partial charge in [0.25, 0.3) is 0 Å². The molecule has 0 radical (unpaired) electrons. The molecule has 0 saturated carbocycles. The molecule has 0 bridgehead atoms. The molecule has 1 rings (SSSR count). The molecule has 1 aromatic heterocycles. The van der Waals surface area contributed by atoms with Crippen molar-refractivity contribution in [2.24, 2.45) is 0 Å². The molecule has 0 fully saturated rings. The first-order valence-corrected chi connectivity index (χ1v) is 5.61. The van der Waals surface area contributed by atoms with Crippen molar-refractivity contribution < 1.29 is 19.5 Å². The van der Waals surface area contributed by atoms with Crippen molar-refractivity contribution in [1.29, 1.82) is 0 Å². The minimum atomic E-state index is -1.27. The highest BCUT2D eigenvalue weighted by atomic mass is 32.1. The lowest BCUT2D eigenvalue weighted by Gasteiger charge is -2.10. The van der Waals surface area contributed by atoms with Crippen LogP contribution in [0, 0.1) is 6.92 Å². The molecule has 0 aliphatic carbocycles. The summed E-state index contributed by atoms with van der Waals surface area (Å²) in [6, 6.07) is 0.775. The summed E-state index contributed by atoms with van der Waals surface area (Å²) in [5, 5.41) is 13.4. The number of carboxylic acid groups (broad SMARTS) is 1. The third kappa shape index (κ3) is 3.56. The highest BCUT2D eigenvalue weighted by Gasteiger charge is 2.17. The summed E-state index contributed by atoms with van der Waals surface area (Å²) in [4.78, 5) is 33.5. The molecule has 3 N–H and O–H groups in total. The summed E-state index contributed by atoms with van der Waals surface area (Å²) >= 11 is 1.27. The lowest BCUT2D eigenvalue weighted by molar-refractivity contribution is -0.117. The zero-order valence-corrected chi connectivity index (χ0v) is 10.1. The minimum absolute atomic E-state index is 0.392. The molecule has 7 heteroatoms. The van der Waals surface area contributed by atoms with E-state index in [9.17, 15) is 14.4 Å². The van der Waals surface area contributed by atoms with Crippen LogP contribution in [0.5, 0.6) is 0 Å². The van der Waals surface area contributed by atoms with Crippen LogP contribution in [0.25, 0.3) is 0 Å². The Balaban J connectivity index is 2.73. The van der Waals surface area contributed by atoms with E-state index in [0.717, 1.165) is 4.88 Å². The van der Waals surface area contributed by atoms with Crippen LogP contribution in [0.15, 0.2) is 6.07 Å². The normalized spacial score (nSPS) is 11.6. The number of hydrogen-bond donors (Lipinski definition) is 3. The van der Waals surface area contributed by atoms with Crippen LogP contribution in [-0.2, 0) is 4.79 Å². The topological polar surface area (TPSA) is 95.5 Å². The summed E-state index contributed by atoms with van der Waals surface area (Å²) in [5.41, 5.74) is 0.392. The zero-order chi connectivity index (χ0) is 13.0. The van der Waals surface area contributed by atoms with E-state index in [1.165, 1.54) is 18.3 Å². The molecule has 2 amide bonds. The molecular weight excluding hydrogens is 244 g/mol. The molecule has 0 spiro atoms. The van der Waals surface area contributed by atoms with Crippen LogP contribution in [0.1, 0.15) is 22.2 Å². The molecule has 0 saturated heterocycles. The van der Waals surface area contributed by atoms with Gasteiger partial charge >= 0.3 is 6.09 Å². The highest BCUT2D eigenvalue weighted by molar-refractivity contribution is 7.16. The van der Waals surface area contributed by atoms with E-state index in [4.69, 9.17) is 5.11 Å². The van der Waals surface area contributed by atoms with E-state index in [0.29, 0.717) is 16.9 Å². The first kappa shape index (κ1) is 13.2. The molecule has 0 unspecified atom stereocenters. The average molecular weight is 256 g/mol. The summed E-state index contributed by atoms with van der Waals surface area (Å²) in [6.45, 7) is 3.23. The van der Waals surface area contributed by atoms with E-state index < -0.39 is 18.0 Å². The van der Waals surface area contributed by atoms with Crippen molar-refractivity contribution in [3.8, 4) is 0 Å². The van der Waals surface area contributed by atoms with E-state index in [1.807, 2.05) is 12.2 Å². The number of amides is 2. The fourth-order valence-corrected chi connectivity index (χ4v) is 2.07. The van der Waals surface area contributed by atoms with Crippen molar-refractivity contribution in [2.45, 2.75) is 19.9 Å². The number of carbonyl (C=O) groups is 3. The Kier molecular flexibility index (Phi) is 4.22. The Hall–Kier alpha value is -1.89. The first-order valence-electron chi connectivity index (χ1n) is 4.80. The summed E-state index contributed by atoms with van der Waals surface area (Å²) in [5.74, 6) is -0.502. The SMILES string of the molecule is Cc1cc(C=O)c(NC(=O)[C@H](C)NC(=O)O)s1. The monoisotopic (exact) mass is 256 g/mol. The van der Waals surface area contributed by atoms with Gasteiger partial charge in [0.1, 0.15) is 11.0 Å². The Morgan fingerprint density at radius 1 is 1.53 bits per heavy atom. The van der Waals surface area contributed by atoms with Crippen molar-refractivity contribution in [3.05, 3.63) is 16.5 Å². The average Bonchev–Trinajstić information content (AvgIpc) is 2.57. The first-order chi connectivity index (χ1) is 7.93. The predicted octanol–water partition coefficient (Wildman–Crippen LogP) is 1.46. The number of aryl methyl sites for hydroxylation is 1. The fourth-order valence-electron chi connectivity index (χ4n) is 1.19. The minimum Gasteiger partial charge on any atom is -0.465 e. The molecule has 0 aliphatic rings. The second kappa shape index (κ2) is 5.44. The Morgan fingerprint density at radius 3 is 2.71 bits per heavy atom. The van der Waals surface area contributed by atoms with Crippen LogP contribution >= 0.6 is 11.3 Å². The maximum atomic E-state index is 11.6. The van der Waals surface area contributed by atoms with E-state index in [2.05, 4.69) is 5.32 Å². The van der Waals surface area contributed by atoms with Gasteiger partial charge in [-0.05, 0) is 19.9 Å². The third-order valence-corrected chi connectivity index (χ3v) is 2.96. The van der Waals surface area contributed by atoms with Crippen molar-refractivity contribution in [3.63, 3.8) is 0 Å². The second-order valence-corrected chi connectivity index (χ2v) is 4.68. The summed E-state index contributed by atoms with van der Waals surface area (Å²) < 4.78 is 0. The van der Waals surface area contributed by atoms with Crippen LogP contribution < -0.4 is 10.6 Å². The Morgan fingerprint density at radius 2 is 2.18 bits per heavy atom. The lowest BCUT2D eigenvalue weighted by atomic mass is 10.3. The molecule has 0 aliphatic heterocycles. The van der Waals surface area contributed by atoms with Gasteiger partial charge in [-0.25, -0.2) is 4.79 Å². The molecule has 0 aromatic carbocycles. The fraction of sp³-hybridized carbons (Fsp3) is 0.300. The van der Waals surface area contributed by atoms with Gasteiger partial charge in [-0.2, -0.15) is 0 Å². The molecule has 17 heavy (non-hydrogen) atoms. The number of thiophene rings is 1. The number of hydrogen-bond acceptors (Lipinski definition) is 4. The molecule has 6 nitrogen and oxygen atoms in total. The highest BCUT2D eigenvalue weighted by Crippen LogP contribution is 2.26. The smallest absolute Gasteiger partial charge is 0.405 e. The lowest BCUT2D eigenvalue weighted by Crippen LogP contribution is -2.40. The zero-order valence-electron chi connectivity index (χ0n) is 9.31. The number of aldehydes is 1.